The fourth-order valence-electron chi connectivity index (χ4n) is 2.00. The molecule has 106 valence electrons. The third-order valence-electron chi connectivity index (χ3n) is 2.99. The van der Waals surface area contributed by atoms with E-state index >= 15 is 0 Å². The Morgan fingerprint density at radius 3 is 1.85 bits per heavy atom. The molecule has 0 radical (unpaired) electrons. The van der Waals surface area contributed by atoms with Gasteiger partial charge < -0.3 is 18.9 Å². The lowest BCUT2D eigenvalue weighted by molar-refractivity contribution is -0.365. The van der Waals surface area contributed by atoms with Crippen LogP contribution in [0.3, 0.4) is 0 Å². The van der Waals surface area contributed by atoms with E-state index in [0.717, 1.165) is 5.75 Å². The Morgan fingerprint density at radius 1 is 0.700 bits per heavy atom. The maximum atomic E-state index is 5.88. The van der Waals surface area contributed by atoms with Gasteiger partial charge in [0.05, 0.1) is 5.56 Å². The normalized spacial score (nSPS) is 11.3. The van der Waals surface area contributed by atoms with Crippen molar-refractivity contribution in [2.45, 2.75) is 5.97 Å². The molecule has 0 aliphatic heterocycles. The zero-order valence-electron chi connectivity index (χ0n) is 11.8. The molecule has 0 aromatic heterocycles. The summed E-state index contributed by atoms with van der Waals surface area (Å²) in [7, 11) is 4.56. The molecular weight excluding hydrogens is 256 g/mol. The largest absolute Gasteiger partial charge is 0.457 e. The van der Waals surface area contributed by atoms with Gasteiger partial charge in [-0.2, -0.15) is 0 Å². The summed E-state index contributed by atoms with van der Waals surface area (Å²) < 4.78 is 22.0. The van der Waals surface area contributed by atoms with Crippen LogP contribution in [0, 0.1) is 0 Å². The van der Waals surface area contributed by atoms with Crippen molar-refractivity contribution in [2.24, 2.45) is 0 Å². The van der Waals surface area contributed by atoms with Crippen LogP contribution in [0.15, 0.2) is 54.6 Å². The number of ether oxygens (including phenoxy) is 4. The van der Waals surface area contributed by atoms with Gasteiger partial charge in [-0.25, -0.2) is 0 Å². The minimum atomic E-state index is -1.29. The van der Waals surface area contributed by atoms with Gasteiger partial charge in [0.25, 0.3) is 0 Å². The van der Waals surface area contributed by atoms with E-state index in [9.17, 15) is 0 Å². The lowest BCUT2D eigenvalue weighted by Crippen LogP contribution is -2.33. The number of para-hydroxylation sites is 2. The van der Waals surface area contributed by atoms with Gasteiger partial charge in [-0.3, -0.25) is 0 Å². The molecule has 0 heterocycles. The number of methoxy groups -OCH3 is 3. The van der Waals surface area contributed by atoms with Crippen molar-refractivity contribution in [1.82, 2.24) is 0 Å². The SMILES string of the molecule is COC(OC)(OC)c1ccccc1Oc1ccccc1. The summed E-state index contributed by atoms with van der Waals surface area (Å²) in [5.41, 5.74) is 0.663. The lowest BCUT2D eigenvalue weighted by Gasteiger charge is -2.30. The van der Waals surface area contributed by atoms with Crippen LogP contribution in [-0.2, 0) is 20.2 Å². The van der Waals surface area contributed by atoms with Crippen LogP contribution in [0.1, 0.15) is 5.56 Å². The summed E-state index contributed by atoms with van der Waals surface area (Å²) in [4.78, 5) is 0. The molecule has 0 amide bonds. The highest BCUT2D eigenvalue weighted by Gasteiger charge is 2.35. The van der Waals surface area contributed by atoms with Gasteiger partial charge in [0.2, 0.25) is 0 Å². The van der Waals surface area contributed by atoms with Crippen molar-refractivity contribution in [3.05, 3.63) is 60.2 Å². The minimum Gasteiger partial charge on any atom is -0.457 e. The fraction of sp³-hybridized carbons (Fsp3) is 0.250. The molecule has 4 heteroatoms. The molecule has 0 bridgehead atoms. The number of benzene rings is 2. The average Bonchev–Trinajstić information content (AvgIpc) is 2.52. The first-order valence-electron chi connectivity index (χ1n) is 6.23. The summed E-state index contributed by atoms with van der Waals surface area (Å²) in [6, 6.07) is 17.0. The zero-order valence-corrected chi connectivity index (χ0v) is 11.8. The summed E-state index contributed by atoms with van der Waals surface area (Å²) in [5, 5.41) is 0. The van der Waals surface area contributed by atoms with Crippen molar-refractivity contribution in [2.75, 3.05) is 21.3 Å². The van der Waals surface area contributed by atoms with Crippen LogP contribution >= 0.6 is 0 Å². The van der Waals surface area contributed by atoms with Gasteiger partial charge in [-0.05, 0) is 24.3 Å². The topological polar surface area (TPSA) is 36.9 Å². The van der Waals surface area contributed by atoms with Gasteiger partial charge in [0, 0.05) is 21.3 Å². The number of hydrogen-bond acceptors (Lipinski definition) is 4. The summed E-state index contributed by atoms with van der Waals surface area (Å²) in [6.45, 7) is 0. The molecule has 0 N–H and O–H groups in total. The highest BCUT2D eigenvalue weighted by molar-refractivity contribution is 5.39. The van der Waals surface area contributed by atoms with E-state index in [4.69, 9.17) is 18.9 Å². The second-order valence-electron chi connectivity index (χ2n) is 4.08. The highest BCUT2D eigenvalue weighted by Crippen LogP contribution is 2.36. The number of rotatable bonds is 6. The van der Waals surface area contributed by atoms with Crippen LogP contribution < -0.4 is 4.74 Å². The fourth-order valence-corrected chi connectivity index (χ4v) is 2.00. The molecule has 0 aliphatic carbocycles. The standard InChI is InChI=1S/C16H18O4/c1-17-16(18-2,19-3)14-11-7-8-12-15(14)20-13-9-5-4-6-10-13/h4-12H,1-3H3. The van der Waals surface area contributed by atoms with E-state index in [1.807, 2.05) is 54.6 Å². The minimum absolute atomic E-state index is 0.615. The first-order valence-corrected chi connectivity index (χ1v) is 6.23. The predicted molar refractivity (Wildman–Crippen MR) is 75.7 cm³/mol. The molecule has 0 saturated heterocycles. The molecule has 0 unspecified atom stereocenters. The Hall–Kier alpha value is -1.88. The second kappa shape index (κ2) is 6.52. The van der Waals surface area contributed by atoms with Crippen molar-refractivity contribution in [3.63, 3.8) is 0 Å². The van der Waals surface area contributed by atoms with Crippen LogP contribution in [0.25, 0.3) is 0 Å². The van der Waals surface area contributed by atoms with Crippen molar-refractivity contribution >= 4 is 0 Å². The van der Waals surface area contributed by atoms with Crippen LogP contribution in [0.5, 0.6) is 11.5 Å². The van der Waals surface area contributed by atoms with Crippen molar-refractivity contribution < 1.29 is 18.9 Å². The molecule has 0 spiro atoms. The Morgan fingerprint density at radius 2 is 1.25 bits per heavy atom. The molecule has 4 nitrogen and oxygen atoms in total. The van der Waals surface area contributed by atoms with Gasteiger partial charge >= 0.3 is 5.97 Å². The third-order valence-corrected chi connectivity index (χ3v) is 2.99. The summed E-state index contributed by atoms with van der Waals surface area (Å²) in [6.07, 6.45) is 0. The van der Waals surface area contributed by atoms with Gasteiger partial charge in [0.1, 0.15) is 11.5 Å². The van der Waals surface area contributed by atoms with Gasteiger partial charge in [-0.1, -0.05) is 30.3 Å². The van der Waals surface area contributed by atoms with E-state index in [1.54, 1.807) is 0 Å². The average molecular weight is 274 g/mol. The van der Waals surface area contributed by atoms with E-state index in [0.29, 0.717) is 11.3 Å². The quantitative estimate of drug-likeness (QED) is 0.755. The molecule has 2 rings (SSSR count). The molecule has 2 aromatic rings. The highest BCUT2D eigenvalue weighted by atomic mass is 16.9. The van der Waals surface area contributed by atoms with E-state index in [-0.39, 0.29) is 0 Å². The van der Waals surface area contributed by atoms with E-state index in [2.05, 4.69) is 0 Å². The molecular formula is C16H18O4. The Bertz CT molecular complexity index is 527. The van der Waals surface area contributed by atoms with Crippen LogP contribution in [0.4, 0.5) is 0 Å². The lowest BCUT2D eigenvalue weighted by atomic mass is 10.1. The maximum absolute atomic E-state index is 5.88. The molecule has 0 aliphatic rings. The van der Waals surface area contributed by atoms with Gasteiger partial charge in [-0.15, -0.1) is 0 Å². The van der Waals surface area contributed by atoms with Crippen molar-refractivity contribution in [3.8, 4) is 11.5 Å². The van der Waals surface area contributed by atoms with E-state index in [1.165, 1.54) is 21.3 Å². The Kier molecular flexibility index (Phi) is 4.74. The van der Waals surface area contributed by atoms with Crippen molar-refractivity contribution in [1.29, 1.82) is 0 Å². The summed E-state index contributed by atoms with van der Waals surface area (Å²) >= 11 is 0. The van der Waals surface area contributed by atoms with Gasteiger partial charge in [0.15, 0.2) is 0 Å². The number of hydrogen-bond donors (Lipinski definition) is 0. The molecule has 2 aromatic carbocycles. The van der Waals surface area contributed by atoms with E-state index < -0.39 is 5.97 Å². The van der Waals surface area contributed by atoms with Crippen LogP contribution in [0.2, 0.25) is 0 Å². The maximum Gasteiger partial charge on any atom is 0.314 e. The molecule has 0 saturated carbocycles. The third kappa shape index (κ3) is 2.82. The second-order valence-corrected chi connectivity index (χ2v) is 4.08. The smallest absolute Gasteiger partial charge is 0.314 e. The zero-order chi connectivity index (χ0) is 14.4. The summed E-state index contributed by atoms with van der Waals surface area (Å²) in [5.74, 6) is 0.0622. The first kappa shape index (κ1) is 14.5. The molecule has 0 atom stereocenters. The molecule has 20 heavy (non-hydrogen) atoms. The molecule has 0 fully saturated rings. The Labute approximate surface area is 118 Å². The van der Waals surface area contributed by atoms with Crippen LogP contribution in [-0.4, -0.2) is 21.3 Å². The monoisotopic (exact) mass is 274 g/mol. The Balaban J connectivity index is 2.40. The predicted octanol–water partition coefficient (Wildman–Crippen LogP) is 3.53. The first-order chi connectivity index (χ1) is 9.75.